The van der Waals surface area contributed by atoms with Crippen LogP contribution >= 0.6 is 0 Å². The smallest absolute Gasteiger partial charge is 0.239 e. The molecule has 0 radical (unpaired) electrons. The fourth-order valence-corrected chi connectivity index (χ4v) is 4.76. The number of nitrogens with zero attached hydrogens (tertiary/aromatic N) is 1. The number of amides is 2. The minimum atomic E-state index is -3.11. The summed E-state index contributed by atoms with van der Waals surface area (Å²) in [6.07, 6.45) is 0.397. The second-order valence-electron chi connectivity index (χ2n) is 7.26. The SMILES string of the molecule is COc1ccc(C)cc1NC(=O)C(C)(C)C(=O)N(C)C1CCS(=O)(=O)C1. The maximum Gasteiger partial charge on any atom is 0.239 e. The van der Waals surface area contributed by atoms with Gasteiger partial charge in [-0.15, -0.1) is 0 Å². The first-order valence-corrected chi connectivity index (χ1v) is 10.2. The van der Waals surface area contributed by atoms with Crippen LogP contribution < -0.4 is 10.1 Å². The quantitative estimate of drug-likeness (QED) is 0.781. The highest BCUT2D eigenvalue weighted by atomic mass is 32.2. The van der Waals surface area contributed by atoms with Crippen molar-refractivity contribution in [2.75, 3.05) is 31.0 Å². The number of carbonyl (C=O) groups is 2. The summed E-state index contributed by atoms with van der Waals surface area (Å²) in [6, 6.07) is 4.98. The summed E-state index contributed by atoms with van der Waals surface area (Å²) in [6.45, 7) is 4.96. The molecule has 1 N–H and O–H groups in total. The van der Waals surface area contributed by atoms with E-state index in [1.807, 2.05) is 13.0 Å². The normalized spacial score (nSPS) is 19.0. The molecule has 0 spiro atoms. The third-order valence-corrected chi connectivity index (χ3v) is 6.53. The van der Waals surface area contributed by atoms with E-state index >= 15 is 0 Å². The highest BCUT2D eigenvalue weighted by Crippen LogP contribution is 2.29. The van der Waals surface area contributed by atoms with Crippen LogP contribution in [0.1, 0.15) is 25.8 Å². The molecule has 1 saturated heterocycles. The Morgan fingerprint density at radius 2 is 1.96 bits per heavy atom. The molecule has 0 aliphatic carbocycles. The number of benzene rings is 1. The molecular formula is C18H26N2O5S. The number of nitrogens with one attached hydrogen (secondary N) is 1. The van der Waals surface area contributed by atoms with Gasteiger partial charge in [-0.2, -0.15) is 0 Å². The van der Waals surface area contributed by atoms with E-state index in [1.54, 1.807) is 19.2 Å². The third kappa shape index (κ3) is 4.17. The van der Waals surface area contributed by atoms with Crippen LogP contribution in [0.2, 0.25) is 0 Å². The van der Waals surface area contributed by atoms with Gasteiger partial charge in [0.1, 0.15) is 11.2 Å². The van der Waals surface area contributed by atoms with Crippen molar-refractivity contribution in [1.82, 2.24) is 4.90 Å². The maximum absolute atomic E-state index is 12.9. The van der Waals surface area contributed by atoms with E-state index in [9.17, 15) is 18.0 Å². The van der Waals surface area contributed by atoms with Crippen LogP contribution in [0, 0.1) is 12.3 Å². The molecular weight excluding hydrogens is 356 g/mol. The molecule has 1 aliphatic rings. The van der Waals surface area contributed by atoms with E-state index < -0.39 is 33.1 Å². The molecule has 1 aliphatic heterocycles. The molecule has 1 fully saturated rings. The molecule has 7 nitrogen and oxygen atoms in total. The summed E-state index contributed by atoms with van der Waals surface area (Å²) >= 11 is 0. The third-order valence-electron chi connectivity index (χ3n) is 4.78. The van der Waals surface area contributed by atoms with E-state index in [0.29, 0.717) is 17.9 Å². The van der Waals surface area contributed by atoms with Gasteiger partial charge >= 0.3 is 0 Å². The minimum absolute atomic E-state index is 0.0569. The van der Waals surface area contributed by atoms with Gasteiger partial charge in [0.2, 0.25) is 11.8 Å². The average Bonchev–Trinajstić information content (AvgIpc) is 2.93. The van der Waals surface area contributed by atoms with E-state index in [-0.39, 0.29) is 11.5 Å². The lowest BCUT2D eigenvalue weighted by Crippen LogP contribution is -2.49. The van der Waals surface area contributed by atoms with Gasteiger partial charge in [-0.1, -0.05) is 6.07 Å². The summed E-state index contributed by atoms with van der Waals surface area (Å²) in [4.78, 5) is 27.0. The number of rotatable bonds is 5. The number of sulfone groups is 1. The second-order valence-corrected chi connectivity index (χ2v) is 9.48. The molecule has 2 rings (SSSR count). The van der Waals surface area contributed by atoms with Crippen molar-refractivity contribution in [2.45, 2.75) is 33.2 Å². The van der Waals surface area contributed by atoms with Crippen molar-refractivity contribution in [3.8, 4) is 5.75 Å². The number of methoxy groups -OCH3 is 1. The van der Waals surface area contributed by atoms with Crippen molar-refractivity contribution >= 4 is 27.3 Å². The molecule has 1 aromatic rings. The minimum Gasteiger partial charge on any atom is -0.495 e. The van der Waals surface area contributed by atoms with E-state index in [1.165, 1.54) is 25.9 Å². The Bertz CT molecular complexity index is 817. The summed E-state index contributed by atoms with van der Waals surface area (Å²) in [7, 11) is -0.0564. The van der Waals surface area contributed by atoms with Gasteiger partial charge in [-0.3, -0.25) is 9.59 Å². The van der Waals surface area contributed by atoms with Crippen molar-refractivity contribution in [1.29, 1.82) is 0 Å². The lowest BCUT2D eigenvalue weighted by molar-refractivity contribution is -0.146. The Balaban J connectivity index is 2.17. The number of ether oxygens (including phenoxy) is 1. The van der Waals surface area contributed by atoms with Crippen LogP contribution in [0.4, 0.5) is 5.69 Å². The van der Waals surface area contributed by atoms with Gasteiger partial charge in [0.15, 0.2) is 9.84 Å². The van der Waals surface area contributed by atoms with Crippen LogP contribution in [0.15, 0.2) is 18.2 Å². The van der Waals surface area contributed by atoms with E-state index in [4.69, 9.17) is 4.74 Å². The molecule has 0 bridgehead atoms. The average molecular weight is 382 g/mol. The first-order chi connectivity index (χ1) is 12.0. The summed E-state index contributed by atoms with van der Waals surface area (Å²) in [5.41, 5.74) is 0.0820. The first-order valence-electron chi connectivity index (χ1n) is 8.41. The molecule has 0 aromatic heterocycles. The number of aryl methyl sites for hydroxylation is 1. The van der Waals surface area contributed by atoms with Gasteiger partial charge in [-0.05, 0) is 44.9 Å². The summed E-state index contributed by atoms with van der Waals surface area (Å²) in [5, 5.41) is 2.76. The van der Waals surface area contributed by atoms with Gasteiger partial charge in [0.25, 0.3) is 0 Å². The Hall–Kier alpha value is -2.09. The van der Waals surface area contributed by atoms with Crippen LogP contribution in [0.5, 0.6) is 5.75 Å². The van der Waals surface area contributed by atoms with Crippen molar-refractivity contribution in [3.63, 3.8) is 0 Å². The number of anilines is 1. The lowest BCUT2D eigenvalue weighted by atomic mass is 9.89. The highest BCUT2D eigenvalue weighted by molar-refractivity contribution is 7.91. The maximum atomic E-state index is 12.9. The fraction of sp³-hybridized carbons (Fsp3) is 0.556. The predicted molar refractivity (Wildman–Crippen MR) is 100.0 cm³/mol. The van der Waals surface area contributed by atoms with Crippen LogP contribution in [-0.2, 0) is 19.4 Å². The number of hydrogen-bond donors (Lipinski definition) is 1. The topological polar surface area (TPSA) is 92.8 Å². The Kier molecular flexibility index (Phi) is 5.65. The number of carbonyl (C=O) groups excluding carboxylic acids is 2. The summed E-state index contributed by atoms with van der Waals surface area (Å²) in [5.74, 6) is -0.369. The molecule has 2 amide bonds. The molecule has 8 heteroatoms. The van der Waals surface area contributed by atoms with E-state index in [2.05, 4.69) is 5.32 Å². The molecule has 1 atom stereocenters. The van der Waals surface area contributed by atoms with Gasteiger partial charge in [0.05, 0.1) is 24.3 Å². The predicted octanol–water partition coefficient (Wildman–Crippen LogP) is 1.61. The van der Waals surface area contributed by atoms with Gasteiger partial charge in [-0.25, -0.2) is 8.42 Å². The fourth-order valence-electron chi connectivity index (χ4n) is 2.98. The molecule has 0 saturated carbocycles. The Labute approximate surface area is 154 Å². The monoisotopic (exact) mass is 382 g/mol. The first kappa shape index (κ1) is 20.2. The van der Waals surface area contributed by atoms with Gasteiger partial charge in [0, 0.05) is 13.1 Å². The van der Waals surface area contributed by atoms with Crippen molar-refractivity contribution in [2.24, 2.45) is 5.41 Å². The summed E-state index contributed by atoms with van der Waals surface area (Å²) < 4.78 is 28.6. The zero-order chi connectivity index (χ0) is 19.7. The molecule has 1 aromatic carbocycles. The van der Waals surface area contributed by atoms with Crippen LogP contribution in [-0.4, -0.2) is 56.8 Å². The van der Waals surface area contributed by atoms with Crippen molar-refractivity contribution in [3.05, 3.63) is 23.8 Å². The molecule has 1 unspecified atom stereocenters. The number of hydrogen-bond acceptors (Lipinski definition) is 5. The van der Waals surface area contributed by atoms with E-state index in [0.717, 1.165) is 5.56 Å². The Morgan fingerprint density at radius 1 is 1.31 bits per heavy atom. The van der Waals surface area contributed by atoms with Crippen molar-refractivity contribution < 1.29 is 22.7 Å². The zero-order valence-corrected chi connectivity index (χ0v) is 16.6. The molecule has 26 heavy (non-hydrogen) atoms. The van der Waals surface area contributed by atoms with Gasteiger partial charge < -0.3 is 15.0 Å². The molecule has 144 valence electrons. The Morgan fingerprint density at radius 3 is 2.50 bits per heavy atom. The van der Waals surface area contributed by atoms with Crippen LogP contribution in [0.25, 0.3) is 0 Å². The largest absolute Gasteiger partial charge is 0.495 e. The lowest BCUT2D eigenvalue weighted by Gasteiger charge is -2.32. The zero-order valence-electron chi connectivity index (χ0n) is 15.8. The molecule has 1 heterocycles. The van der Waals surface area contributed by atoms with Crippen LogP contribution in [0.3, 0.4) is 0 Å². The standard InChI is InChI=1S/C18H26N2O5S/c1-12-6-7-15(25-5)14(10-12)19-16(21)18(2,3)17(22)20(4)13-8-9-26(23,24)11-13/h6-7,10,13H,8-9,11H2,1-5H3,(H,19,21). The highest BCUT2D eigenvalue weighted by Gasteiger charge is 2.42. The second kappa shape index (κ2) is 7.26.